The highest BCUT2D eigenvalue weighted by atomic mass is 79.9. The van der Waals surface area contributed by atoms with Gasteiger partial charge in [-0.15, -0.1) is 0 Å². The van der Waals surface area contributed by atoms with Gasteiger partial charge >= 0.3 is 0 Å². The van der Waals surface area contributed by atoms with E-state index >= 15 is 0 Å². The Morgan fingerprint density at radius 2 is 2.20 bits per heavy atom. The number of hydrogen-bond acceptors (Lipinski definition) is 3. The fourth-order valence-corrected chi connectivity index (χ4v) is 1.89. The van der Waals surface area contributed by atoms with Crippen LogP contribution in [0.4, 0.5) is 5.82 Å². The zero-order valence-corrected chi connectivity index (χ0v) is 11.6. The Hall–Kier alpha value is -0.490. The fraction of sp³-hybridized carbons (Fsp3) is 0.444. The molecule has 0 atom stereocenters. The quantitative estimate of drug-likeness (QED) is 0.923. The van der Waals surface area contributed by atoms with Crippen molar-refractivity contribution in [3.8, 4) is 0 Å². The van der Waals surface area contributed by atoms with Crippen molar-refractivity contribution < 1.29 is 4.79 Å². The molecule has 0 aliphatic rings. The number of halogens is 2. The molecule has 0 saturated heterocycles. The van der Waals surface area contributed by atoms with E-state index in [0.717, 1.165) is 0 Å². The van der Waals surface area contributed by atoms with Gasteiger partial charge in [-0.1, -0.05) is 13.8 Å². The van der Waals surface area contributed by atoms with Gasteiger partial charge in [-0.3, -0.25) is 4.79 Å². The summed E-state index contributed by atoms with van der Waals surface area (Å²) in [5.41, 5.74) is 0. The molecule has 0 radical (unpaired) electrons. The summed E-state index contributed by atoms with van der Waals surface area (Å²) in [5.74, 6) is 0.721. The molecule has 1 heterocycles. The maximum atomic E-state index is 11.4. The molecule has 6 heteroatoms. The van der Waals surface area contributed by atoms with Crippen molar-refractivity contribution in [2.45, 2.75) is 20.3 Å². The minimum Gasteiger partial charge on any atom is -0.308 e. The van der Waals surface area contributed by atoms with E-state index in [1.165, 1.54) is 6.20 Å². The molecule has 4 nitrogen and oxygen atoms in total. The minimum atomic E-state index is -0.0534. The van der Waals surface area contributed by atoms with Gasteiger partial charge < -0.3 is 5.32 Å². The van der Waals surface area contributed by atoms with E-state index < -0.39 is 0 Å². The number of rotatable bonds is 3. The SMILES string of the molecule is CC(C)CC(=O)Nc1ncc(Br)nc1Br. The Morgan fingerprint density at radius 3 is 2.73 bits per heavy atom. The molecule has 1 aromatic heterocycles. The standard InChI is InChI=1S/C9H11Br2N3O/c1-5(2)3-7(15)14-9-8(11)13-6(10)4-12-9/h4-5H,3H2,1-2H3,(H,12,14,15). The van der Waals surface area contributed by atoms with E-state index in [0.29, 0.717) is 27.4 Å². The number of carbonyl (C=O) groups excluding carboxylic acids is 1. The highest BCUT2D eigenvalue weighted by Gasteiger charge is 2.09. The molecule has 0 aliphatic heterocycles. The highest BCUT2D eigenvalue weighted by Crippen LogP contribution is 2.19. The molecule has 0 spiro atoms. The Labute approximate surface area is 105 Å². The lowest BCUT2D eigenvalue weighted by atomic mass is 10.1. The van der Waals surface area contributed by atoms with Gasteiger partial charge in [0.1, 0.15) is 9.21 Å². The van der Waals surface area contributed by atoms with Crippen molar-refractivity contribution in [1.82, 2.24) is 9.97 Å². The molecule has 0 bridgehead atoms. The van der Waals surface area contributed by atoms with Gasteiger partial charge in [0.15, 0.2) is 5.82 Å². The van der Waals surface area contributed by atoms with Crippen LogP contribution in [-0.2, 0) is 4.79 Å². The van der Waals surface area contributed by atoms with Crippen molar-refractivity contribution in [1.29, 1.82) is 0 Å². The smallest absolute Gasteiger partial charge is 0.225 e. The van der Waals surface area contributed by atoms with Crippen LogP contribution in [0.5, 0.6) is 0 Å². The Balaban J connectivity index is 2.68. The molecule has 82 valence electrons. The first kappa shape index (κ1) is 12.6. The maximum Gasteiger partial charge on any atom is 0.225 e. The van der Waals surface area contributed by atoms with Crippen molar-refractivity contribution in [2.75, 3.05) is 5.32 Å². The summed E-state index contributed by atoms with van der Waals surface area (Å²) in [6, 6.07) is 0. The van der Waals surface area contributed by atoms with Crippen molar-refractivity contribution >= 4 is 43.6 Å². The van der Waals surface area contributed by atoms with Crippen LogP contribution in [0.3, 0.4) is 0 Å². The fourth-order valence-electron chi connectivity index (χ4n) is 0.984. The molecular weight excluding hydrogens is 326 g/mol. The van der Waals surface area contributed by atoms with Crippen molar-refractivity contribution in [3.63, 3.8) is 0 Å². The van der Waals surface area contributed by atoms with Crippen molar-refractivity contribution in [3.05, 3.63) is 15.4 Å². The predicted octanol–water partition coefficient (Wildman–Crippen LogP) is 2.99. The van der Waals surface area contributed by atoms with E-state index in [-0.39, 0.29) is 5.91 Å². The normalized spacial score (nSPS) is 10.5. The van der Waals surface area contributed by atoms with Crippen molar-refractivity contribution in [2.24, 2.45) is 5.92 Å². The number of anilines is 1. The zero-order chi connectivity index (χ0) is 11.4. The summed E-state index contributed by atoms with van der Waals surface area (Å²) in [5, 5.41) is 2.69. The molecule has 0 unspecified atom stereocenters. The van der Waals surface area contributed by atoms with Crippen LogP contribution in [0.1, 0.15) is 20.3 Å². The van der Waals surface area contributed by atoms with E-state index in [9.17, 15) is 4.79 Å². The first-order valence-corrected chi connectivity index (χ1v) is 6.05. The number of aromatic nitrogens is 2. The molecule has 0 saturated carbocycles. The number of carbonyl (C=O) groups is 1. The van der Waals surface area contributed by atoms with Crippen LogP contribution in [0, 0.1) is 5.92 Å². The molecule has 0 aliphatic carbocycles. The number of hydrogen-bond donors (Lipinski definition) is 1. The topological polar surface area (TPSA) is 54.9 Å². The highest BCUT2D eigenvalue weighted by molar-refractivity contribution is 9.11. The third kappa shape index (κ3) is 4.25. The molecule has 1 rings (SSSR count). The third-order valence-corrected chi connectivity index (χ3v) is 2.49. The van der Waals surface area contributed by atoms with Crippen LogP contribution in [0.25, 0.3) is 0 Å². The van der Waals surface area contributed by atoms with E-state index in [1.807, 2.05) is 13.8 Å². The van der Waals surface area contributed by atoms with Crippen LogP contribution >= 0.6 is 31.9 Å². The predicted molar refractivity (Wildman–Crippen MR) is 65.5 cm³/mol. The van der Waals surface area contributed by atoms with E-state index in [1.54, 1.807) is 0 Å². The molecule has 0 fully saturated rings. The van der Waals surface area contributed by atoms with Gasteiger partial charge in [0.05, 0.1) is 6.20 Å². The van der Waals surface area contributed by atoms with Crippen LogP contribution in [0.15, 0.2) is 15.4 Å². The average molecular weight is 337 g/mol. The molecule has 15 heavy (non-hydrogen) atoms. The largest absolute Gasteiger partial charge is 0.308 e. The van der Waals surface area contributed by atoms with E-state index in [2.05, 4.69) is 47.1 Å². The van der Waals surface area contributed by atoms with Gasteiger partial charge in [-0.2, -0.15) is 0 Å². The minimum absolute atomic E-state index is 0.0534. The van der Waals surface area contributed by atoms with Gasteiger partial charge in [0.2, 0.25) is 5.91 Å². The number of nitrogens with zero attached hydrogens (tertiary/aromatic N) is 2. The Kier molecular flexibility index (Phi) is 4.66. The third-order valence-electron chi connectivity index (χ3n) is 1.55. The first-order valence-electron chi connectivity index (χ1n) is 4.47. The Bertz CT molecular complexity index is 368. The van der Waals surface area contributed by atoms with Gasteiger partial charge in [-0.25, -0.2) is 9.97 Å². The number of nitrogens with one attached hydrogen (secondary N) is 1. The average Bonchev–Trinajstić information content (AvgIpc) is 2.08. The van der Waals surface area contributed by atoms with Gasteiger partial charge in [0, 0.05) is 6.42 Å². The number of amides is 1. The molecular formula is C9H11Br2N3O. The summed E-state index contributed by atoms with van der Waals surface area (Å²) in [7, 11) is 0. The lowest BCUT2D eigenvalue weighted by Crippen LogP contribution is -2.15. The zero-order valence-electron chi connectivity index (χ0n) is 8.42. The maximum absolute atomic E-state index is 11.4. The second kappa shape index (κ2) is 5.55. The van der Waals surface area contributed by atoms with Gasteiger partial charge in [0.25, 0.3) is 0 Å². The first-order chi connectivity index (χ1) is 6.99. The second-order valence-corrected chi connectivity index (χ2v) is 5.04. The summed E-state index contributed by atoms with van der Waals surface area (Å²) in [6.07, 6.45) is 2.01. The summed E-state index contributed by atoms with van der Waals surface area (Å²) >= 11 is 6.41. The molecule has 1 aromatic rings. The van der Waals surface area contributed by atoms with Gasteiger partial charge in [-0.05, 0) is 37.8 Å². The lowest BCUT2D eigenvalue weighted by molar-refractivity contribution is -0.116. The molecule has 1 amide bonds. The summed E-state index contributed by atoms with van der Waals surface area (Å²) in [4.78, 5) is 19.5. The lowest BCUT2D eigenvalue weighted by Gasteiger charge is -2.07. The summed E-state index contributed by atoms with van der Waals surface area (Å²) in [6.45, 7) is 3.98. The Morgan fingerprint density at radius 1 is 1.53 bits per heavy atom. The monoisotopic (exact) mass is 335 g/mol. The molecule has 1 N–H and O–H groups in total. The second-order valence-electron chi connectivity index (χ2n) is 3.48. The molecule has 0 aromatic carbocycles. The summed E-state index contributed by atoms with van der Waals surface area (Å²) < 4.78 is 1.14. The van der Waals surface area contributed by atoms with E-state index in [4.69, 9.17) is 0 Å². The van der Waals surface area contributed by atoms with Crippen LogP contribution < -0.4 is 5.32 Å². The van der Waals surface area contributed by atoms with Crippen LogP contribution in [-0.4, -0.2) is 15.9 Å². The van der Waals surface area contributed by atoms with Crippen LogP contribution in [0.2, 0.25) is 0 Å².